The number of hydrogen-bond acceptors (Lipinski definition) is 4. The summed E-state index contributed by atoms with van der Waals surface area (Å²) in [5, 5.41) is 6.26. The standard InChI is InChI=1S/C22H29F3N6O/c1-12(13(2)26)9-28-20(27)31-10-17(18(30-31)22(23,24)25)19(32)29-11-21-6-14-3-15(7-21)5-16(4-14)8-21/h9-10,14-16H,2-8,11,26H2,1H3,(H2,27,28)(H,29,32)/b12-9-. The predicted molar refractivity (Wildman–Crippen MR) is 114 cm³/mol. The van der Waals surface area contributed by atoms with Crippen LogP contribution in [-0.4, -0.2) is 28.2 Å². The topological polar surface area (TPSA) is 111 Å². The van der Waals surface area contributed by atoms with Crippen LogP contribution in [0.15, 0.2) is 35.2 Å². The molecule has 4 saturated carbocycles. The van der Waals surface area contributed by atoms with E-state index in [-0.39, 0.29) is 17.1 Å². The maximum Gasteiger partial charge on any atom is 0.435 e. The Morgan fingerprint density at radius 2 is 1.84 bits per heavy atom. The number of amides is 1. The number of rotatable bonds is 5. The van der Waals surface area contributed by atoms with Crippen LogP contribution in [0.5, 0.6) is 0 Å². The number of aromatic nitrogens is 2. The third kappa shape index (κ3) is 4.40. The minimum Gasteiger partial charge on any atom is -0.399 e. The first-order chi connectivity index (χ1) is 15.0. The Morgan fingerprint density at radius 3 is 2.34 bits per heavy atom. The number of carbonyl (C=O) groups excluding carboxylic acids is 1. The molecular weight excluding hydrogens is 421 g/mol. The van der Waals surface area contributed by atoms with Gasteiger partial charge in [0, 0.05) is 24.6 Å². The van der Waals surface area contributed by atoms with Crippen molar-refractivity contribution in [1.29, 1.82) is 0 Å². The fourth-order valence-corrected chi connectivity index (χ4v) is 6.04. The lowest BCUT2D eigenvalue weighted by atomic mass is 9.49. The van der Waals surface area contributed by atoms with E-state index in [0.29, 0.717) is 29.9 Å². The number of carbonyl (C=O) groups is 1. The molecule has 1 aromatic heterocycles. The summed E-state index contributed by atoms with van der Waals surface area (Å²) in [7, 11) is 0. The van der Waals surface area contributed by atoms with E-state index in [0.717, 1.165) is 30.1 Å². The Bertz CT molecular complexity index is 955. The van der Waals surface area contributed by atoms with E-state index in [1.807, 2.05) is 0 Å². The molecule has 174 valence electrons. The molecule has 4 bridgehead atoms. The first-order valence-electron chi connectivity index (χ1n) is 10.9. The van der Waals surface area contributed by atoms with Crippen molar-refractivity contribution in [3.63, 3.8) is 0 Å². The number of nitrogens with zero attached hydrogens (tertiary/aromatic N) is 3. The summed E-state index contributed by atoms with van der Waals surface area (Å²) in [4.78, 5) is 16.7. The summed E-state index contributed by atoms with van der Waals surface area (Å²) < 4.78 is 41.5. The van der Waals surface area contributed by atoms with Crippen LogP contribution in [0.3, 0.4) is 0 Å². The van der Waals surface area contributed by atoms with E-state index >= 15 is 0 Å². The minimum atomic E-state index is -4.81. The fourth-order valence-electron chi connectivity index (χ4n) is 6.04. The first-order valence-corrected chi connectivity index (χ1v) is 10.9. The second-order valence-electron chi connectivity index (χ2n) is 9.76. The van der Waals surface area contributed by atoms with Gasteiger partial charge in [-0.1, -0.05) is 6.58 Å². The summed E-state index contributed by atoms with van der Waals surface area (Å²) in [6.07, 6.45) is 4.33. The number of nitrogens with two attached hydrogens (primary N) is 2. The maximum atomic E-state index is 13.6. The van der Waals surface area contributed by atoms with Gasteiger partial charge in [0.1, 0.15) is 0 Å². The van der Waals surface area contributed by atoms with Gasteiger partial charge < -0.3 is 16.8 Å². The van der Waals surface area contributed by atoms with E-state index in [1.165, 1.54) is 25.5 Å². The molecule has 10 heteroatoms. The van der Waals surface area contributed by atoms with Gasteiger partial charge in [-0.2, -0.15) is 18.3 Å². The van der Waals surface area contributed by atoms with E-state index in [9.17, 15) is 18.0 Å². The molecule has 0 aliphatic heterocycles. The Balaban J connectivity index is 1.53. The number of nitrogens with one attached hydrogen (secondary N) is 1. The molecule has 0 saturated heterocycles. The monoisotopic (exact) mass is 450 g/mol. The molecule has 0 spiro atoms. The maximum absolute atomic E-state index is 13.6. The highest BCUT2D eigenvalue weighted by Gasteiger charge is 2.51. The Morgan fingerprint density at radius 1 is 1.28 bits per heavy atom. The van der Waals surface area contributed by atoms with Gasteiger partial charge >= 0.3 is 6.18 Å². The van der Waals surface area contributed by atoms with Crippen LogP contribution in [-0.2, 0) is 6.18 Å². The van der Waals surface area contributed by atoms with Gasteiger partial charge in [0.15, 0.2) is 5.69 Å². The lowest BCUT2D eigenvalue weighted by Crippen LogP contribution is -2.51. The van der Waals surface area contributed by atoms with E-state index in [4.69, 9.17) is 11.5 Å². The van der Waals surface area contributed by atoms with Crippen LogP contribution < -0.4 is 16.8 Å². The van der Waals surface area contributed by atoms with Crippen LogP contribution >= 0.6 is 0 Å². The summed E-state index contributed by atoms with van der Waals surface area (Å²) in [6.45, 7) is 5.56. The van der Waals surface area contributed by atoms with Crippen molar-refractivity contribution in [2.24, 2.45) is 39.6 Å². The second kappa shape index (κ2) is 7.97. The summed E-state index contributed by atoms with van der Waals surface area (Å²) >= 11 is 0. The third-order valence-electron chi connectivity index (χ3n) is 7.15. The lowest BCUT2D eigenvalue weighted by Gasteiger charge is -2.56. The molecule has 32 heavy (non-hydrogen) atoms. The molecule has 0 unspecified atom stereocenters. The quantitative estimate of drug-likeness (QED) is 0.363. The van der Waals surface area contributed by atoms with Gasteiger partial charge in [-0.05, 0) is 74.2 Å². The fraction of sp³-hybridized carbons (Fsp3) is 0.591. The zero-order valence-corrected chi connectivity index (χ0v) is 18.1. The molecule has 0 aromatic carbocycles. The van der Waals surface area contributed by atoms with Crippen molar-refractivity contribution in [3.8, 4) is 0 Å². The van der Waals surface area contributed by atoms with Gasteiger partial charge in [0.05, 0.1) is 5.56 Å². The lowest BCUT2D eigenvalue weighted by molar-refractivity contribution is -0.141. The molecule has 1 heterocycles. The summed E-state index contributed by atoms with van der Waals surface area (Å²) in [6, 6.07) is 0. The zero-order valence-electron chi connectivity index (χ0n) is 18.1. The molecule has 1 amide bonds. The highest BCUT2D eigenvalue weighted by Crippen LogP contribution is 2.59. The van der Waals surface area contributed by atoms with Gasteiger partial charge in [0.2, 0.25) is 5.96 Å². The summed E-state index contributed by atoms with van der Waals surface area (Å²) in [5.41, 5.74) is 10.2. The molecule has 4 aliphatic carbocycles. The number of alkyl halides is 3. The Kier molecular flexibility index (Phi) is 5.58. The average Bonchev–Trinajstić information content (AvgIpc) is 3.15. The second-order valence-corrected chi connectivity index (χ2v) is 9.76. The van der Waals surface area contributed by atoms with Crippen molar-refractivity contribution < 1.29 is 18.0 Å². The van der Waals surface area contributed by atoms with E-state index in [1.54, 1.807) is 6.92 Å². The van der Waals surface area contributed by atoms with Crippen molar-refractivity contribution in [1.82, 2.24) is 15.1 Å². The number of allylic oxidation sites excluding steroid dienone is 1. The van der Waals surface area contributed by atoms with Gasteiger partial charge in [0.25, 0.3) is 5.91 Å². The van der Waals surface area contributed by atoms with Crippen LogP contribution in [0.25, 0.3) is 0 Å². The molecule has 0 radical (unpaired) electrons. The van der Waals surface area contributed by atoms with Gasteiger partial charge in [-0.25, -0.2) is 9.67 Å². The molecule has 4 aliphatic rings. The molecule has 5 N–H and O–H groups in total. The highest BCUT2D eigenvalue weighted by atomic mass is 19.4. The van der Waals surface area contributed by atoms with Gasteiger partial charge in [-0.3, -0.25) is 4.79 Å². The first kappa shape index (κ1) is 22.4. The van der Waals surface area contributed by atoms with Crippen LogP contribution in [0.4, 0.5) is 13.2 Å². The largest absolute Gasteiger partial charge is 0.435 e. The predicted octanol–water partition coefficient (Wildman–Crippen LogP) is 3.39. The van der Waals surface area contributed by atoms with Gasteiger partial charge in [-0.15, -0.1) is 0 Å². The smallest absolute Gasteiger partial charge is 0.399 e. The Labute approximate surface area is 184 Å². The number of aliphatic imine (C=N–C) groups is 1. The van der Waals surface area contributed by atoms with E-state index in [2.05, 4.69) is 22.0 Å². The Hall–Kier alpha value is -2.78. The summed E-state index contributed by atoms with van der Waals surface area (Å²) in [5.74, 6) is 0.932. The van der Waals surface area contributed by atoms with Crippen molar-refractivity contribution >= 4 is 11.9 Å². The van der Waals surface area contributed by atoms with E-state index < -0.39 is 23.3 Å². The molecule has 1 aromatic rings. The molecular formula is C22H29F3N6O. The van der Waals surface area contributed by atoms with Crippen molar-refractivity contribution in [2.45, 2.75) is 51.6 Å². The normalized spacial score (nSPS) is 29.9. The number of hydrogen-bond donors (Lipinski definition) is 3. The molecule has 5 rings (SSSR count). The zero-order chi connectivity index (χ0) is 23.3. The van der Waals surface area contributed by atoms with Crippen molar-refractivity contribution in [2.75, 3.05) is 6.54 Å². The van der Waals surface area contributed by atoms with Crippen LogP contribution in [0.2, 0.25) is 0 Å². The molecule has 7 nitrogen and oxygen atoms in total. The highest BCUT2D eigenvalue weighted by molar-refractivity contribution is 5.96. The molecule has 0 atom stereocenters. The van der Waals surface area contributed by atoms with Crippen LogP contribution in [0, 0.1) is 23.2 Å². The SMILES string of the molecule is C=C(N)/C(C)=C\N=C(/N)n1cc(C(=O)NCC23CC4CC(CC(C4)C2)C3)c(C(F)(F)F)n1. The third-order valence-corrected chi connectivity index (χ3v) is 7.15. The molecule has 4 fully saturated rings. The minimum absolute atomic E-state index is 0.00618. The van der Waals surface area contributed by atoms with Crippen LogP contribution in [0.1, 0.15) is 61.5 Å². The average molecular weight is 451 g/mol. The number of halogens is 3. The van der Waals surface area contributed by atoms with Crippen molar-refractivity contribution in [3.05, 3.63) is 41.5 Å².